The van der Waals surface area contributed by atoms with Gasteiger partial charge in [0.25, 0.3) is 10.0 Å². The van der Waals surface area contributed by atoms with E-state index in [2.05, 4.69) is 10.3 Å². The van der Waals surface area contributed by atoms with Crippen LogP contribution in [-0.4, -0.2) is 59.1 Å². The molecule has 0 aliphatic carbocycles. The Morgan fingerprint density at radius 1 is 1.07 bits per heavy atom. The van der Waals surface area contributed by atoms with Crippen LogP contribution in [0.1, 0.15) is 23.9 Å². The Bertz CT molecular complexity index is 1970. The van der Waals surface area contributed by atoms with Gasteiger partial charge < -0.3 is 14.4 Å². The number of hydrogen-bond donors (Lipinski definition) is 3. The van der Waals surface area contributed by atoms with Crippen LogP contribution < -0.4 is 9.62 Å². The van der Waals surface area contributed by atoms with Crippen LogP contribution in [-0.2, 0) is 33.0 Å². The van der Waals surface area contributed by atoms with Gasteiger partial charge in [-0.05, 0) is 42.8 Å². The summed E-state index contributed by atoms with van der Waals surface area (Å²) in [5, 5.41) is 20.7. The number of carboxylic acid groups (broad SMARTS) is 1. The molecule has 2 aromatic heterocycles. The molecule has 2 heterocycles. The number of sulfonamides is 1. The number of amidine groups is 1. The van der Waals surface area contributed by atoms with Crippen molar-refractivity contribution in [3.05, 3.63) is 95.9 Å². The third-order valence-electron chi connectivity index (χ3n) is 6.79. The van der Waals surface area contributed by atoms with Gasteiger partial charge in [0.05, 0.1) is 28.8 Å². The van der Waals surface area contributed by atoms with Gasteiger partial charge in [0, 0.05) is 30.6 Å². The number of nitrogens with zero attached hydrogens (tertiary/aromatic N) is 4. The van der Waals surface area contributed by atoms with E-state index < -0.39 is 28.6 Å². The van der Waals surface area contributed by atoms with Gasteiger partial charge in [-0.25, -0.2) is 18.2 Å². The molecule has 0 radical (unpaired) electrons. The number of aliphatic carboxylic acids is 1. The molecule has 5 rings (SSSR count). The van der Waals surface area contributed by atoms with Crippen molar-refractivity contribution in [2.45, 2.75) is 18.2 Å². The van der Waals surface area contributed by atoms with Crippen molar-refractivity contribution in [3.63, 3.8) is 0 Å². The molecule has 3 N–H and O–H groups in total. The molecule has 0 saturated carbocycles. The van der Waals surface area contributed by atoms with Gasteiger partial charge in [0.15, 0.2) is 0 Å². The Kier molecular flexibility index (Phi) is 8.08. The molecule has 0 aliphatic heterocycles. The highest BCUT2D eigenvalue weighted by molar-refractivity contribution is 7.93. The standard InChI is InChI=1S/C30H28N6O6S/c1-3-42-30(39)34-29(31)21-11-9-19(10-12-21)16-26-33-23-17-22(13-14-24(23)35(26)2)36(18-27(37)38)43(40,41)25-8-4-6-20-7-5-15-32-28(20)25/h4-15,17H,3,16,18H2,1-2H3,(H,37,38)(H2,31,34,39). The number of fused-ring (bicyclic) bond motifs is 2. The average Bonchev–Trinajstić information content (AvgIpc) is 3.29. The van der Waals surface area contributed by atoms with E-state index >= 15 is 0 Å². The molecular formula is C30H28N6O6S. The van der Waals surface area contributed by atoms with Crippen molar-refractivity contribution in [3.8, 4) is 0 Å². The quantitative estimate of drug-likeness (QED) is 0.168. The van der Waals surface area contributed by atoms with Gasteiger partial charge in [-0.15, -0.1) is 0 Å². The highest BCUT2D eigenvalue weighted by Gasteiger charge is 2.30. The number of carboxylic acids is 1. The number of para-hydroxylation sites is 1. The highest BCUT2D eigenvalue weighted by Crippen LogP contribution is 2.30. The molecule has 0 spiro atoms. The number of carbonyl (C=O) groups is 2. The lowest BCUT2D eigenvalue weighted by molar-refractivity contribution is -0.135. The van der Waals surface area contributed by atoms with Gasteiger partial charge >= 0.3 is 12.1 Å². The Labute approximate surface area is 247 Å². The number of amides is 1. The zero-order chi connectivity index (χ0) is 30.7. The lowest BCUT2D eigenvalue weighted by atomic mass is 10.1. The molecule has 0 aliphatic rings. The molecule has 0 atom stereocenters. The number of carbonyl (C=O) groups excluding carboxylic acids is 1. The molecular weight excluding hydrogens is 572 g/mol. The average molecular weight is 601 g/mol. The SMILES string of the molecule is CCOC(=O)NC(=N)c1ccc(Cc2nc3cc(N(CC(=O)O)S(=O)(=O)c4cccc5cccnc45)ccc3n2C)cc1. The first-order valence-electron chi connectivity index (χ1n) is 13.2. The van der Waals surface area contributed by atoms with E-state index in [1.165, 1.54) is 12.3 Å². The summed E-state index contributed by atoms with van der Waals surface area (Å²) in [4.78, 5) is 32.3. The molecule has 13 heteroatoms. The van der Waals surface area contributed by atoms with Crippen molar-refractivity contribution < 1.29 is 27.9 Å². The zero-order valence-electron chi connectivity index (χ0n) is 23.3. The molecule has 0 unspecified atom stereocenters. The summed E-state index contributed by atoms with van der Waals surface area (Å²) in [5.74, 6) is -0.710. The van der Waals surface area contributed by atoms with Gasteiger partial charge in [-0.1, -0.05) is 42.5 Å². The van der Waals surface area contributed by atoms with E-state index in [9.17, 15) is 23.1 Å². The van der Waals surface area contributed by atoms with Crippen LogP contribution in [0.15, 0.2) is 83.9 Å². The van der Waals surface area contributed by atoms with Gasteiger partial charge in [-0.2, -0.15) is 0 Å². The monoisotopic (exact) mass is 600 g/mol. The van der Waals surface area contributed by atoms with Gasteiger partial charge in [0.2, 0.25) is 0 Å². The molecule has 5 aromatic rings. The maximum Gasteiger partial charge on any atom is 0.412 e. The second-order valence-electron chi connectivity index (χ2n) is 9.59. The van der Waals surface area contributed by atoms with Crippen molar-refractivity contribution >= 4 is 55.5 Å². The third kappa shape index (κ3) is 6.02. The van der Waals surface area contributed by atoms with E-state index in [0.717, 1.165) is 15.4 Å². The molecule has 12 nitrogen and oxygen atoms in total. The van der Waals surface area contributed by atoms with Crippen LogP contribution in [0.25, 0.3) is 21.9 Å². The van der Waals surface area contributed by atoms with Crippen molar-refractivity contribution in [1.82, 2.24) is 19.9 Å². The lowest BCUT2D eigenvalue weighted by Gasteiger charge is -2.23. The molecule has 0 saturated heterocycles. The van der Waals surface area contributed by atoms with Crippen LogP contribution >= 0.6 is 0 Å². The fraction of sp³-hybridized carbons (Fsp3) is 0.167. The molecule has 0 bridgehead atoms. The molecule has 220 valence electrons. The topological polar surface area (TPSA) is 168 Å². The van der Waals surface area contributed by atoms with Crippen LogP contribution in [0.5, 0.6) is 0 Å². The van der Waals surface area contributed by atoms with Crippen LogP contribution in [0.3, 0.4) is 0 Å². The fourth-order valence-electron chi connectivity index (χ4n) is 4.71. The van der Waals surface area contributed by atoms with Crippen LogP contribution in [0.2, 0.25) is 0 Å². The van der Waals surface area contributed by atoms with E-state index in [0.29, 0.717) is 28.7 Å². The first-order valence-corrected chi connectivity index (χ1v) is 14.7. The van der Waals surface area contributed by atoms with E-state index in [-0.39, 0.29) is 28.5 Å². The third-order valence-corrected chi connectivity index (χ3v) is 8.60. The van der Waals surface area contributed by atoms with Crippen LogP contribution in [0.4, 0.5) is 10.5 Å². The molecule has 3 aromatic carbocycles. The maximum atomic E-state index is 13.9. The number of ether oxygens (including phenoxy) is 1. The normalized spacial score (nSPS) is 11.4. The lowest BCUT2D eigenvalue weighted by Crippen LogP contribution is -2.36. The second-order valence-corrected chi connectivity index (χ2v) is 11.4. The summed E-state index contributed by atoms with van der Waals surface area (Å²) in [7, 11) is -2.48. The number of hydrogen-bond acceptors (Lipinski definition) is 8. The van der Waals surface area contributed by atoms with Crippen molar-refractivity contribution in [2.75, 3.05) is 17.5 Å². The van der Waals surface area contributed by atoms with E-state index in [1.807, 2.05) is 23.7 Å². The largest absolute Gasteiger partial charge is 0.480 e. The van der Waals surface area contributed by atoms with Gasteiger partial charge in [-0.3, -0.25) is 24.8 Å². The number of rotatable bonds is 9. The highest BCUT2D eigenvalue weighted by atomic mass is 32.2. The van der Waals surface area contributed by atoms with E-state index in [1.54, 1.807) is 61.5 Å². The van der Waals surface area contributed by atoms with Crippen LogP contribution in [0, 0.1) is 5.41 Å². The number of anilines is 1. The number of aryl methyl sites for hydroxylation is 1. The Morgan fingerprint density at radius 3 is 2.53 bits per heavy atom. The number of imidazole rings is 1. The molecule has 1 amide bonds. The maximum absolute atomic E-state index is 13.9. The predicted molar refractivity (Wildman–Crippen MR) is 161 cm³/mol. The molecule has 43 heavy (non-hydrogen) atoms. The summed E-state index contributed by atoms with van der Waals surface area (Å²) in [6.07, 6.45) is 1.22. The molecule has 0 fully saturated rings. The fourth-order valence-corrected chi connectivity index (χ4v) is 6.28. The Morgan fingerprint density at radius 2 is 1.81 bits per heavy atom. The number of benzene rings is 3. The first-order chi connectivity index (χ1) is 20.6. The number of aromatic nitrogens is 3. The minimum Gasteiger partial charge on any atom is -0.480 e. The summed E-state index contributed by atoms with van der Waals surface area (Å²) >= 11 is 0. The van der Waals surface area contributed by atoms with Crippen molar-refractivity contribution in [2.24, 2.45) is 7.05 Å². The van der Waals surface area contributed by atoms with Crippen molar-refractivity contribution in [1.29, 1.82) is 5.41 Å². The number of alkyl carbamates (subject to hydrolysis) is 1. The number of nitrogens with one attached hydrogen (secondary N) is 2. The smallest absolute Gasteiger partial charge is 0.412 e. The zero-order valence-corrected chi connectivity index (χ0v) is 24.1. The second kappa shape index (κ2) is 11.9. The summed E-state index contributed by atoms with van der Waals surface area (Å²) < 4.78 is 35.2. The summed E-state index contributed by atoms with van der Waals surface area (Å²) in [5.41, 5.74) is 3.03. The Hall–Kier alpha value is -5.30. The minimum absolute atomic E-state index is 0.0830. The minimum atomic E-state index is -4.31. The number of pyridine rings is 1. The Balaban J connectivity index is 1.45. The van der Waals surface area contributed by atoms with Gasteiger partial charge in [0.1, 0.15) is 23.1 Å². The summed E-state index contributed by atoms with van der Waals surface area (Å²) in [6, 6.07) is 20.1. The summed E-state index contributed by atoms with van der Waals surface area (Å²) in [6.45, 7) is 1.09. The van der Waals surface area contributed by atoms with E-state index in [4.69, 9.17) is 15.1 Å². The predicted octanol–water partition coefficient (Wildman–Crippen LogP) is 4.06. The first kappa shape index (κ1) is 29.2.